The number of pyridine rings is 1. The smallest absolute Gasteiger partial charge is 0.217 e. The van der Waals surface area contributed by atoms with E-state index < -0.39 is 0 Å². The fraction of sp³-hybridized carbons (Fsp3) is 0.429. The van der Waals surface area contributed by atoms with Crippen molar-refractivity contribution in [1.29, 1.82) is 0 Å². The van der Waals surface area contributed by atoms with Crippen molar-refractivity contribution < 1.29 is 4.74 Å². The maximum Gasteiger partial charge on any atom is 0.217 e. The lowest BCUT2D eigenvalue weighted by Gasteiger charge is -2.07. The molecule has 2 aromatic heterocycles. The van der Waals surface area contributed by atoms with E-state index in [0.29, 0.717) is 6.04 Å². The Morgan fingerprint density at radius 1 is 1.42 bits per heavy atom. The van der Waals surface area contributed by atoms with Gasteiger partial charge in [0.2, 0.25) is 5.88 Å². The molecule has 1 N–H and O–H groups in total. The second-order valence-electron chi connectivity index (χ2n) is 4.99. The Morgan fingerprint density at radius 3 is 2.95 bits per heavy atom. The molecular weight excluding hydrogens is 240 g/mol. The number of nitrogens with zero attached hydrogens (tertiary/aromatic N) is 3. The first-order chi connectivity index (χ1) is 9.20. The summed E-state index contributed by atoms with van der Waals surface area (Å²) in [5, 5.41) is 7.70. The number of ether oxygens (including phenoxy) is 1. The van der Waals surface area contributed by atoms with Gasteiger partial charge in [-0.05, 0) is 25.8 Å². The van der Waals surface area contributed by atoms with Crippen LogP contribution < -0.4 is 10.1 Å². The van der Waals surface area contributed by atoms with Crippen LogP contribution in [0.1, 0.15) is 24.2 Å². The molecule has 0 aliphatic heterocycles. The van der Waals surface area contributed by atoms with Gasteiger partial charge >= 0.3 is 0 Å². The third kappa shape index (κ3) is 3.12. The van der Waals surface area contributed by atoms with Crippen molar-refractivity contribution in [3.63, 3.8) is 0 Å². The monoisotopic (exact) mass is 258 g/mol. The van der Waals surface area contributed by atoms with E-state index in [2.05, 4.69) is 15.4 Å². The van der Waals surface area contributed by atoms with Gasteiger partial charge in [0.15, 0.2) is 0 Å². The lowest BCUT2D eigenvalue weighted by Crippen LogP contribution is -2.16. The number of rotatable bonds is 5. The van der Waals surface area contributed by atoms with Crippen molar-refractivity contribution >= 4 is 0 Å². The van der Waals surface area contributed by atoms with Crippen LogP contribution in [0.15, 0.2) is 24.4 Å². The molecule has 0 amide bonds. The third-order valence-corrected chi connectivity index (χ3v) is 3.12. The van der Waals surface area contributed by atoms with Gasteiger partial charge in [0.25, 0.3) is 0 Å². The van der Waals surface area contributed by atoms with Gasteiger partial charge < -0.3 is 10.1 Å². The highest BCUT2D eigenvalue weighted by Crippen LogP contribution is 2.22. The maximum absolute atomic E-state index is 5.83. The Labute approximate surface area is 112 Å². The van der Waals surface area contributed by atoms with Crippen LogP contribution in [0, 0.1) is 6.92 Å². The van der Waals surface area contributed by atoms with Gasteiger partial charge in [-0.2, -0.15) is 5.10 Å². The molecule has 0 unspecified atom stereocenters. The summed E-state index contributed by atoms with van der Waals surface area (Å²) in [6.45, 7) is 2.75. The average molecular weight is 258 g/mol. The molecule has 0 bridgehead atoms. The van der Waals surface area contributed by atoms with Crippen molar-refractivity contribution in [2.24, 2.45) is 7.05 Å². The summed E-state index contributed by atoms with van der Waals surface area (Å²) in [5.41, 5.74) is 1.95. The van der Waals surface area contributed by atoms with E-state index in [0.717, 1.165) is 29.6 Å². The van der Waals surface area contributed by atoms with E-state index in [9.17, 15) is 0 Å². The van der Waals surface area contributed by atoms with Crippen LogP contribution in [-0.2, 0) is 13.6 Å². The first-order valence-corrected chi connectivity index (χ1v) is 6.57. The number of hydrogen-bond acceptors (Lipinski definition) is 4. The van der Waals surface area contributed by atoms with Crippen LogP contribution in [-0.4, -0.2) is 20.8 Å². The Balaban J connectivity index is 1.69. The summed E-state index contributed by atoms with van der Waals surface area (Å²) >= 11 is 0. The molecule has 5 nitrogen and oxygen atoms in total. The Bertz CT molecular complexity index is 575. The van der Waals surface area contributed by atoms with Crippen LogP contribution in [0.25, 0.3) is 0 Å². The summed E-state index contributed by atoms with van der Waals surface area (Å²) < 4.78 is 7.56. The van der Waals surface area contributed by atoms with Crippen molar-refractivity contribution in [3.8, 4) is 11.6 Å². The number of hydrogen-bond donors (Lipinski definition) is 1. The molecule has 0 spiro atoms. The van der Waals surface area contributed by atoms with Gasteiger partial charge in [0.1, 0.15) is 5.75 Å². The molecule has 5 heteroatoms. The zero-order valence-corrected chi connectivity index (χ0v) is 11.3. The lowest BCUT2D eigenvalue weighted by molar-refractivity contribution is 0.429. The lowest BCUT2D eigenvalue weighted by atomic mass is 10.3. The van der Waals surface area contributed by atoms with E-state index in [1.807, 2.05) is 32.2 Å². The summed E-state index contributed by atoms with van der Waals surface area (Å²) in [4.78, 5) is 4.34. The van der Waals surface area contributed by atoms with E-state index in [-0.39, 0.29) is 0 Å². The summed E-state index contributed by atoms with van der Waals surface area (Å²) in [6, 6.07) is 6.44. The summed E-state index contributed by atoms with van der Waals surface area (Å²) in [5.74, 6) is 1.54. The normalized spacial score (nSPS) is 14.6. The molecule has 0 saturated heterocycles. The Hall–Kier alpha value is -1.88. The van der Waals surface area contributed by atoms with Gasteiger partial charge in [-0.1, -0.05) is 0 Å². The minimum atomic E-state index is 0.686. The fourth-order valence-electron chi connectivity index (χ4n) is 1.96. The van der Waals surface area contributed by atoms with Gasteiger partial charge in [-0.25, -0.2) is 4.68 Å². The summed E-state index contributed by atoms with van der Waals surface area (Å²) in [7, 11) is 1.87. The highest BCUT2D eigenvalue weighted by Gasteiger charge is 2.20. The molecule has 2 heterocycles. The van der Waals surface area contributed by atoms with Crippen LogP contribution in [0.4, 0.5) is 0 Å². The molecule has 19 heavy (non-hydrogen) atoms. The minimum Gasteiger partial charge on any atom is -0.439 e. The minimum absolute atomic E-state index is 0.686. The van der Waals surface area contributed by atoms with Crippen LogP contribution in [0.5, 0.6) is 11.6 Å². The molecule has 1 fully saturated rings. The highest BCUT2D eigenvalue weighted by molar-refractivity contribution is 5.28. The quantitative estimate of drug-likeness (QED) is 0.893. The molecule has 0 aromatic carbocycles. The number of aryl methyl sites for hydroxylation is 2. The van der Waals surface area contributed by atoms with Gasteiger partial charge in [0.05, 0.1) is 11.4 Å². The first-order valence-electron chi connectivity index (χ1n) is 6.57. The molecular formula is C14H18N4O. The largest absolute Gasteiger partial charge is 0.439 e. The molecule has 1 saturated carbocycles. The SMILES string of the molecule is Cc1cc(Oc2ccnc(CNC3CC3)c2)n(C)n1. The Morgan fingerprint density at radius 2 is 2.26 bits per heavy atom. The number of nitrogens with one attached hydrogen (secondary N) is 1. The maximum atomic E-state index is 5.83. The average Bonchev–Trinajstić information content (AvgIpc) is 3.15. The Kier molecular flexibility index (Phi) is 3.21. The molecule has 2 aromatic rings. The first kappa shape index (κ1) is 12.2. The molecule has 1 aliphatic rings. The van der Waals surface area contributed by atoms with Crippen LogP contribution >= 0.6 is 0 Å². The molecule has 0 atom stereocenters. The topological polar surface area (TPSA) is 52.0 Å². The van der Waals surface area contributed by atoms with Gasteiger partial charge in [0, 0.05) is 38.0 Å². The molecule has 0 radical (unpaired) electrons. The van der Waals surface area contributed by atoms with Gasteiger partial charge in [-0.15, -0.1) is 0 Å². The predicted octanol–water partition coefficient (Wildman–Crippen LogP) is 2.17. The second kappa shape index (κ2) is 5.01. The molecule has 1 aliphatic carbocycles. The molecule has 3 rings (SSSR count). The van der Waals surface area contributed by atoms with E-state index in [1.54, 1.807) is 10.9 Å². The highest BCUT2D eigenvalue weighted by atomic mass is 16.5. The molecule has 100 valence electrons. The van der Waals surface area contributed by atoms with E-state index in [4.69, 9.17) is 4.74 Å². The number of aromatic nitrogens is 3. The predicted molar refractivity (Wildman–Crippen MR) is 72.1 cm³/mol. The van der Waals surface area contributed by atoms with Gasteiger partial charge in [-0.3, -0.25) is 4.98 Å². The van der Waals surface area contributed by atoms with E-state index in [1.165, 1.54) is 12.8 Å². The zero-order valence-electron chi connectivity index (χ0n) is 11.3. The second-order valence-corrected chi connectivity index (χ2v) is 4.99. The van der Waals surface area contributed by atoms with Crippen LogP contribution in [0.3, 0.4) is 0 Å². The fourth-order valence-corrected chi connectivity index (χ4v) is 1.96. The third-order valence-electron chi connectivity index (χ3n) is 3.12. The van der Waals surface area contributed by atoms with Crippen LogP contribution in [0.2, 0.25) is 0 Å². The van der Waals surface area contributed by atoms with Crippen molar-refractivity contribution in [2.75, 3.05) is 0 Å². The van der Waals surface area contributed by atoms with Crippen molar-refractivity contribution in [3.05, 3.63) is 35.8 Å². The van der Waals surface area contributed by atoms with Crippen molar-refractivity contribution in [1.82, 2.24) is 20.1 Å². The summed E-state index contributed by atoms with van der Waals surface area (Å²) in [6.07, 6.45) is 4.34. The van der Waals surface area contributed by atoms with Crippen molar-refractivity contribution in [2.45, 2.75) is 32.4 Å². The standard InChI is InChI=1S/C14H18N4O/c1-10-7-14(18(2)17-10)19-13-5-6-15-12(8-13)9-16-11-3-4-11/h5-8,11,16H,3-4,9H2,1-2H3. The van der Waals surface area contributed by atoms with E-state index >= 15 is 0 Å². The zero-order chi connectivity index (χ0) is 13.2.